The zero-order valence-corrected chi connectivity index (χ0v) is 11.4. The summed E-state index contributed by atoms with van der Waals surface area (Å²) in [5.41, 5.74) is 1.04. The van der Waals surface area contributed by atoms with Gasteiger partial charge >= 0.3 is 0 Å². The summed E-state index contributed by atoms with van der Waals surface area (Å²) in [6.07, 6.45) is 1.46. The van der Waals surface area contributed by atoms with Gasteiger partial charge in [0.25, 0.3) is 6.04 Å². The molecule has 0 radical (unpaired) electrons. The summed E-state index contributed by atoms with van der Waals surface area (Å²) in [5, 5.41) is 11.4. The van der Waals surface area contributed by atoms with E-state index in [9.17, 15) is 14.9 Å². The molecule has 0 aliphatic heterocycles. The number of carbonyl (C=O) groups excluding carboxylic acids is 1. The molecule has 0 aliphatic carbocycles. The van der Waals surface area contributed by atoms with Crippen LogP contribution in [0.1, 0.15) is 21.8 Å². The highest BCUT2D eigenvalue weighted by molar-refractivity contribution is 6.00. The van der Waals surface area contributed by atoms with Crippen LogP contribution in [0.4, 0.5) is 0 Å². The molecule has 2 atom stereocenters. The Morgan fingerprint density at radius 1 is 1.05 bits per heavy atom. The number of ketones is 1. The van der Waals surface area contributed by atoms with Gasteiger partial charge in [0, 0.05) is 10.5 Å². The van der Waals surface area contributed by atoms with Crippen LogP contribution >= 0.6 is 0 Å². The van der Waals surface area contributed by atoms with E-state index in [4.69, 9.17) is 0 Å². The Hall–Kier alpha value is -2.75. The number of Topliss-reactive ketones (excluding diaryl/α,β-unsaturated/α-hetero) is 1. The van der Waals surface area contributed by atoms with Crippen LogP contribution in [0.3, 0.4) is 0 Å². The Labute approximate surface area is 122 Å². The van der Waals surface area contributed by atoms with Crippen molar-refractivity contribution in [1.29, 1.82) is 0 Å². The second-order valence-corrected chi connectivity index (χ2v) is 4.63. The van der Waals surface area contributed by atoms with Gasteiger partial charge in [0.15, 0.2) is 0 Å². The molecule has 0 bridgehead atoms. The Morgan fingerprint density at radius 2 is 1.57 bits per heavy atom. The van der Waals surface area contributed by atoms with Gasteiger partial charge in [-0.1, -0.05) is 66.7 Å². The van der Waals surface area contributed by atoms with Gasteiger partial charge in [-0.05, 0) is 5.56 Å². The third kappa shape index (κ3) is 3.23. The molecule has 2 rings (SSSR count). The van der Waals surface area contributed by atoms with Crippen molar-refractivity contribution in [2.75, 3.05) is 0 Å². The average molecular weight is 281 g/mol. The summed E-state index contributed by atoms with van der Waals surface area (Å²) in [7, 11) is 0. The van der Waals surface area contributed by atoms with Crippen LogP contribution in [0.5, 0.6) is 0 Å². The first-order valence-electron chi connectivity index (χ1n) is 6.55. The molecule has 0 fully saturated rings. The predicted molar refractivity (Wildman–Crippen MR) is 80.9 cm³/mol. The molecule has 2 unspecified atom stereocenters. The van der Waals surface area contributed by atoms with E-state index >= 15 is 0 Å². The van der Waals surface area contributed by atoms with Crippen LogP contribution < -0.4 is 0 Å². The quantitative estimate of drug-likeness (QED) is 0.352. The molecule has 21 heavy (non-hydrogen) atoms. The van der Waals surface area contributed by atoms with Crippen molar-refractivity contribution >= 4 is 5.78 Å². The molecule has 0 amide bonds. The van der Waals surface area contributed by atoms with E-state index in [1.165, 1.54) is 6.08 Å². The molecule has 4 nitrogen and oxygen atoms in total. The SMILES string of the molecule is C=CC(c1ccccc1)C(C(=O)c1ccccc1)[N+](=O)[O-]. The fourth-order valence-corrected chi connectivity index (χ4v) is 2.29. The first-order chi connectivity index (χ1) is 10.1. The van der Waals surface area contributed by atoms with Crippen molar-refractivity contribution in [2.24, 2.45) is 0 Å². The molecule has 2 aromatic carbocycles. The third-order valence-corrected chi connectivity index (χ3v) is 3.33. The summed E-state index contributed by atoms with van der Waals surface area (Å²) >= 11 is 0. The van der Waals surface area contributed by atoms with Crippen LogP contribution in [0, 0.1) is 10.1 Å². The number of carbonyl (C=O) groups is 1. The first kappa shape index (κ1) is 14.7. The van der Waals surface area contributed by atoms with Gasteiger partial charge in [0.05, 0.1) is 5.92 Å². The van der Waals surface area contributed by atoms with Gasteiger partial charge in [-0.3, -0.25) is 14.9 Å². The summed E-state index contributed by atoms with van der Waals surface area (Å²) in [6, 6.07) is 15.9. The zero-order valence-electron chi connectivity index (χ0n) is 11.4. The molecule has 0 N–H and O–H groups in total. The molecule has 0 spiro atoms. The maximum absolute atomic E-state index is 12.5. The fourth-order valence-electron chi connectivity index (χ4n) is 2.29. The van der Waals surface area contributed by atoms with Crippen molar-refractivity contribution in [3.8, 4) is 0 Å². The predicted octanol–water partition coefficient (Wildman–Crippen LogP) is 3.48. The maximum atomic E-state index is 12.5. The van der Waals surface area contributed by atoms with Gasteiger partial charge in [0.1, 0.15) is 0 Å². The normalized spacial score (nSPS) is 13.1. The maximum Gasteiger partial charge on any atom is 0.284 e. The van der Waals surface area contributed by atoms with Crippen LogP contribution in [0.15, 0.2) is 73.3 Å². The second-order valence-electron chi connectivity index (χ2n) is 4.63. The minimum atomic E-state index is -1.37. The van der Waals surface area contributed by atoms with E-state index < -0.39 is 22.7 Å². The Bertz CT molecular complexity index is 638. The van der Waals surface area contributed by atoms with Crippen LogP contribution in [0.2, 0.25) is 0 Å². The zero-order chi connectivity index (χ0) is 15.2. The Kier molecular flexibility index (Phi) is 4.61. The van der Waals surface area contributed by atoms with E-state index in [0.29, 0.717) is 11.1 Å². The number of benzene rings is 2. The molecular weight excluding hydrogens is 266 g/mol. The van der Waals surface area contributed by atoms with E-state index in [0.717, 1.165) is 0 Å². The van der Waals surface area contributed by atoms with Crippen LogP contribution in [-0.2, 0) is 0 Å². The van der Waals surface area contributed by atoms with E-state index in [1.54, 1.807) is 54.6 Å². The molecule has 4 heteroatoms. The van der Waals surface area contributed by atoms with Crippen LogP contribution in [-0.4, -0.2) is 16.7 Å². The van der Waals surface area contributed by atoms with Crippen molar-refractivity contribution in [2.45, 2.75) is 12.0 Å². The molecule has 0 heterocycles. The Morgan fingerprint density at radius 3 is 2.05 bits per heavy atom. The molecule has 0 saturated heterocycles. The second kappa shape index (κ2) is 6.61. The lowest BCUT2D eigenvalue weighted by atomic mass is 9.87. The summed E-state index contributed by atoms with van der Waals surface area (Å²) in [4.78, 5) is 23.4. The smallest absolute Gasteiger partial charge is 0.284 e. The average Bonchev–Trinajstić information content (AvgIpc) is 2.53. The Balaban J connectivity index is 2.41. The minimum absolute atomic E-state index is 0.335. The highest BCUT2D eigenvalue weighted by Gasteiger charge is 2.38. The fraction of sp³-hybridized carbons (Fsp3) is 0.118. The lowest BCUT2D eigenvalue weighted by Gasteiger charge is -2.17. The molecule has 0 aliphatic rings. The molecule has 0 aromatic heterocycles. The molecule has 2 aromatic rings. The van der Waals surface area contributed by atoms with E-state index in [2.05, 4.69) is 6.58 Å². The number of hydrogen-bond acceptors (Lipinski definition) is 3. The van der Waals surface area contributed by atoms with Gasteiger partial charge in [-0.15, -0.1) is 6.58 Å². The van der Waals surface area contributed by atoms with Crippen molar-refractivity contribution in [3.05, 3.63) is 94.6 Å². The van der Waals surface area contributed by atoms with Gasteiger partial charge in [-0.2, -0.15) is 0 Å². The van der Waals surface area contributed by atoms with Gasteiger partial charge < -0.3 is 0 Å². The van der Waals surface area contributed by atoms with Gasteiger partial charge in [-0.25, -0.2) is 0 Å². The van der Waals surface area contributed by atoms with E-state index in [-0.39, 0.29) is 0 Å². The van der Waals surface area contributed by atoms with E-state index in [1.807, 2.05) is 6.07 Å². The summed E-state index contributed by atoms with van der Waals surface area (Å²) < 4.78 is 0. The lowest BCUT2D eigenvalue weighted by molar-refractivity contribution is -0.507. The highest BCUT2D eigenvalue weighted by Crippen LogP contribution is 2.25. The van der Waals surface area contributed by atoms with Crippen LogP contribution in [0.25, 0.3) is 0 Å². The van der Waals surface area contributed by atoms with Crippen molar-refractivity contribution in [3.63, 3.8) is 0 Å². The van der Waals surface area contributed by atoms with Crippen molar-refractivity contribution in [1.82, 2.24) is 0 Å². The first-order valence-corrected chi connectivity index (χ1v) is 6.55. The largest absolute Gasteiger partial charge is 0.286 e. The number of rotatable bonds is 6. The number of nitro groups is 1. The molecular formula is C17H15NO3. The minimum Gasteiger partial charge on any atom is -0.286 e. The standard InChI is InChI=1S/C17H15NO3/c1-2-15(13-9-5-3-6-10-13)16(18(20)21)17(19)14-11-7-4-8-12-14/h2-12,15-16H,1H2. The monoisotopic (exact) mass is 281 g/mol. The third-order valence-electron chi connectivity index (χ3n) is 3.33. The number of nitrogens with zero attached hydrogens (tertiary/aromatic N) is 1. The molecule has 106 valence electrons. The topological polar surface area (TPSA) is 60.2 Å². The molecule has 0 saturated carbocycles. The summed E-state index contributed by atoms with van der Waals surface area (Å²) in [6.45, 7) is 3.66. The summed E-state index contributed by atoms with van der Waals surface area (Å²) in [5.74, 6) is -1.16. The van der Waals surface area contributed by atoms with Crippen molar-refractivity contribution < 1.29 is 9.72 Å². The highest BCUT2D eigenvalue weighted by atomic mass is 16.6. The van der Waals surface area contributed by atoms with Gasteiger partial charge in [0.2, 0.25) is 5.78 Å². The lowest BCUT2D eigenvalue weighted by Crippen LogP contribution is -2.35. The number of hydrogen-bond donors (Lipinski definition) is 0.